The van der Waals surface area contributed by atoms with Crippen LogP contribution in [0.4, 0.5) is 0 Å². The number of methoxy groups -OCH3 is 1. The number of halogens is 1. The maximum atomic E-state index is 6.25. The molecule has 0 saturated heterocycles. The molecule has 96 valence electrons. The minimum atomic E-state index is -0.00597. The Kier molecular flexibility index (Phi) is 5.79. The molecule has 1 atom stereocenters. The standard InChI is InChI=1S/C14H22ClNO/c1-4-10(5-2)8-13(16)12-9-11(15)6-7-14(12)17-3/h6-7,9-10,13H,4-5,8,16H2,1-3H3. The van der Waals surface area contributed by atoms with E-state index in [2.05, 4.69) is 13.8 Å². The van der Waals surface area contributed by atoms with Crippen molar-refractivity contribution in [1.29, 1.82) is 0 Å². The Labute approximate surface area is 109 Å². The van der Waals surface area contributed by atoms with Crippen molar-refractivity contribution in [3.8, 4) is 5.75 Å². The second-order valence-electron chi connectivity index (χ2n) is 4.41. The molecular weight excluding hydrogens is 234 g/mol. The molecule has 0 heterocycles. The molecule has 0 amide bonds. The Bertz CT molecular complexity index is 350. The lowest BCUT2D eigenvalue weighted by Crippen LogP contribution is -2.16. The molecule has 0 fully saturated rings. The highest BCUT2D eigenvalue weighted by Gasteiger charge is 2.16. The minimum absolute atomic E-state index is 0.00597. The Hall–Kier alpha value is -0.730. The molecule has 0 aliphatic carbocycles. The van der Waals surface area contributed by atoms with Crippen LogP contribution in [-0.4, -0.2) is 7.11 Å². The van der Waals surface area contributed by atoms with Gasteiger partial charge in [-0.25, -0.2) is 0 Å². The van der Waals surface area contributed by atoms with Gasteiger partial charge in [-0.1, -0.05) is 38.3 Å². The second-order valence-corrected chi connectivity index (χ2v) is 4.85. The fourth-order valence-electron chi connectivity index (χ4n) is 2.10. The zero-order valence-corrected chi connectivity index (χ0v) is 11.6. The van der Waals surface area contributed by atoms with Crippen LogP contribution in [0, 0.1) is 5.92 Å². The summed E-state index contributed by atoms with van der Waals surface area (Å²) in [6, 6.07) is 5.61. The molecule has 0 aliphatic rings. The Morgan fingerprint density at radius 3 is 2.47 bits per heavy atom. The third kappa shape index (κ3) is 3.90. The van der Waals surface area contributed by atoms with Crippen molar-refractivity contribution >= 4 is 11.6 Å². The van der Waals surface area contributed by atoms with Gasteiger partial charge in [-0.3, -0.25) is 0 Å². The highest BCUT2D eigenvalue weighted by Crippen LogP contribution is 2.31. The predicted octanol–water partition coefficient (Wildman–Crippen LogP) is 4.17. The molecule has 1 rings (SSSR count). The van der Waals surface area contributed by atoms with E-state index in [0.717, 1.165) is 30.6 Å². The average molecular weight is 256 g/mol. The highest BCUT2D eigenvalue weighted by atomic mass is 35.5. The first kappa shape index (κ1) is 14.3. The summed E-state index contributed by atoms with van der Waals surface area (Å²) in [4.78, 5) is 0. The van der Waals surface area contributed by atoms with E-state index in [0.29, 0.717) is 10.9 Å². The summed E-state index contributed by atoms with van der Waals surface area (Å²) < 4.78 is 5.33. The van der Waals surface area contributed by atoms with Gasteiger partial charge in [-0.15, -0.1) is 0 Å². The van der Waals surface area contributed by atoms with Gasteiger partial charge in [0.15, 0.2) is 0 Å². The van der Waals surface area contributed by atoms with Crippen LogP contribution in [0.3, 0.4) is 0 Å². The van der Waals surface area contributed by atoms with Crippen molar-refractivity contribution in [2.75, 3.05) is 7.11 Å². The van der Waals surface area contributed by atoms with E-state index in [4.69, 9.17) is 22.1 Å². The van der Waals surface area contributed by atoms with E-state index in [-0.39, 0.29) is 6.04 Å². The molecule has 0 saturated carbocycles. The summed E-state index contributed by atoms with van der Waals surface area (Å²) in [7, 11) is 1.66. The van der Waals surface area contributed by atoms with Crippen LogP contribution < -0.4 is 10.5 Å². The van der Waals surface area contributed by atoms with Crippen LogP contribution in [0.1, 0.15) is 44.7 Å². The summed E-state index contributed by atoms with van der Waals surface area (Å²) in [5, 5.41) is 0.709. The number of ether oxygens (including phenoxy) is 1. The topological polar surface area (TPSA) is 35.2 Å². The highest BCUT2D eigenvalue weighted by molar-refractivity contribution is 6.30. The SMILES string of the molecule is CCC(CC)CC(N)c1cc(Cl)ccc1OC. The van der Waals surface area contributed by atoms with Gasteiger partial charge in [0.25, 0.3) is 0 Å². The first-order chi connectivity index (χ1) is 8.12. The van der Waals surface area contributed by atoms with E-state index >= 15 is 0 Å². The van der Waals surface area contributed by atoms with E-state index in [1.807, 2.05) is 18.2 Å². The summed E-state index contributed by atoms with van der Waals surface area (Å²) in [5.74, 6) is 1.49. The fraction of sp³-hybridized carbons (Fsp3) is 0.571. The third-order valence-corrected chi connectivity index (χ3v) is 3.57. The minimum Gasteiger partial charge on any atom is -0.496 e. The predicted molar refractivity (Wildman–Crippen MR) is 73.6 cm³/mol. The molecule has 1 aromatic carbocycles. The number of nitrogens with two attached hydrogens (primary N) is 1. The van der Waals surface area contributed by atoms with Crippen LogP contribution in [0.2, 0.25) is 5.02 Å². The normalized spacial score (nSPS) is 12.8. The molecule has 0 bridgehead atoms. The smallest absolute Gasteiger partial charge is 0.123 e. The van der Waals surface area contributed by atoms with Gasteiger partial charge in [-0.05, 0) is 30.5 Å². The van der Waals surface area contributed by atoms with Crippen molar-refractivity contribution < 1.29 is 4.74 Å². The van der Waals surface area contributed by atoms with Gasteiger partial charge in [-0.2, -0.15) is 0 Å². The van der Waals surface area contributed by atoms with Gasteiger partial charge in [0.1, 0.15) is 5.75 Å². The van der Waals surface area contributed by atoms with Gasteiger partial charge in [0, 0.05) is 16.6 Å². The van der Waals surface area contributed by atoms with Gasteiger partial charge in [0.2, 0.25) is 0 Å². The molecular formula is C14H22ClNO. The summed E-state index contributed by atoms with van der Waals surface area (Å²) in [5.41, 5.74) is 7.26. The largest absolute Gasteiger partial charge is 0.496 e. The van der Waals surface area contributed by atoms with E-state index < -0.39 is 0 Å². The Morgan fingerprint density at radius 1 is 1.29 bits per heavy atom. The lowest BCUT2D eigenvalue weighted by Gasteiger charge is -2.20. The molecule has 2 nitrogen and oxygen atoms in total. The summed E-state index contributed by atoms with van der Waals surface area (Å²) in [6.45, 7) is 4.41. The molecule has 0 aromatic heterocycles. The fourth-order valence-corrected chi connectivity index (χ4v) is 2.28. The quantitative estimate of drug-likeness (QED) is 0.828. The van der Waals surface area contributed by atoms with Crippen molar-refractivity contribution in [1.82, 2.24) is 0 Å². The molecule has 1 aromatic rings. The van der Waals surface area contributed by atoms with Crippen molar-refractivity contribution in [3.05, 3.63) is 28.8 Å². The summed E-state index contributed by atoms with van der Waals surface area (Å²) in [6.07, 6.45) is 3.30. The summed E-state index contributed by atoms with van der Waals surface area (Å²) >= 11 is 6.01. The van der Waals surface area contributed by atoms with Crippen molar-refractivity contribution in [3.63, 3.8) is 0 Å². The molecule has 17 heavy (non-hydrogen) atoms. The zero-order chi connectivity index (χ0) is 12.8. The second kappa shape index (κ2) is 6.87. The number of hydrogen-bond acceptors (Lipinski definition) is 2. The van der Waals surface area contributed by atoms with E-state index in [1.54, 1.807) is 7.11 Å². The molecule has 3 heteroatoms. The van der Waals surface area contributed by atoms with Gasteiger partial charge in [0.05, 0.1) is 7.11 Å². The molecule has 0 radical (unpaired) electrons. The Morgan fingerprint density at radius 2 is 1.94 bits per heavy atom. The first-order valence-corrected chi connectivity index (χ1v) is 6.59. The first-order valence-electron chi connectivity index (χ1n) is 6.21. The maximum absolute atomic E-state index is 6.25. The number of benzene rings is 1. The van der Waals surface area contributed by atoms with Crippen LogP contribution in [0.25, 0.3) is 0 Å². The average Bonchev–Trinajstić information content (AvgIpc) is 2.35. The lowest BCUT2D eigenvalue weighted by atomic mass is 9.91. The molecule has 1 unspecified atom stereocenters. The van der Waals surface area contributed by atoms with E-state index in [9.17, 15) is 0 Å². The zero-order valence-electron chi connectivity index (χ0n) is 10.9. The van der Waals surface area contributed by atoms with Gasteiger partial charge >= 0.3 is 0 Å². The number of hydrogen-bond donors (Lipinski definition) is 1. The molecule has 2 N–H and O–H groups in total. The lowest BCUT2D eigenvalue weighted by molar-refractivity contribution is 0.384. The van der Waals surface area contributed by atoms with E-state index in [1.165, 1.54) is 0 Å². The van der Waals surface area contributed by atoms with Crippen LogP contribution in [0.5, 0.6) is 5.75 Å². The van der Waals surface area contributed by atoms with Crippen molar-refractivity contribution in [2.45, 2.75) is 39.2 Å². The van der Waals surface area contributed by atoms with Crippen molar-refractivity contribution in [2.24, 2.45) is 11.7 Å². The van der Waals surface area contributed by atoms with Crippen LogP contribution in [-0.2, 0) is 0 Å². The molecule has 0 spiro atoms. The maximum Gasteiger partial charge on any atom is 0.123 e. The van der Waals surface area contributed by atoms with Crippen LogP contribution >= 0.6 is 11.6 Å². The monoisotopic (exact) mass is 255 g/mol. The Balaban J connectivity index is 2.86. The number of rotatable bonds is 6. The van der Waals surface area contributed by atoms with Gasteiger partial charge < -0.3 is 10.5 Å². The van der Waals surface area contributed by atoms with Crippen LogP contribution in [0.15, 0.2) is 18.2 Å². The molecule has 0 aliphatic heterocycles. The third-order valence-electron chi connectivity index (χ3n) is 3.33.